The molecule has 0 aliphatic heterocycles. The van der Waals surface area contributed by atoms with Crippen LogP contribution in [0.25, 0.3) is 0 Å². The quantitative estimate of drug-likeness (QED) is 0.0481. The van der Waals surface area contributed by atoms with Crippen LogP contribution in [0.1, 0.15) is 267 Å². The number of esters is 2. The van der Waals surface area contributed by atoms with Gasteiger partial charge in [0, 0.05) is 13.1 Å². The number of hydrogen-bond donors (Lipinski definition) is 0. The molecule has 0 saturated heterocycles. The number of carbonyl (C=O) groups is 2. The lowest BCUT2D eigenvalue weighted by Gasteiger charge is -2.22. The fourth-order valence-corrected chi connectivity index (χ4v) is 8.36. The van der Waals surface area contributed by atoms with Crippen LogP contribution in [0.5, 0.6) is 0 Å². The molecule has 1 aromatic rings. The second-order valence-corrected chi connectivity index (χ2v) is 18.1. The highest BCUT2D eigenvalue weighted by Gasteiger charge is 2.13. The Hall–Kier alpha value is -1.92. The molecule has 1 aromatic carbocycles. The topological polar surface area (TPSA) is 59.1 Å². The van der Waals surface area contributed by atoms with E-state index in [1.807, 2.05) is 0 Å². The summed E-state index contributed by atoms with van der Waals surface area (Å²) in [6.45, 7) is 16.5. The molecule has 0 saturated carbocycles. The Bertz CT molecular complexity index is 939. The molecule has 6 nitrogen and oxygen atoms in total. The summed E-state index contributed by atoms with van der Waals surface area (Å²) in [7, 11) is 0. The van der Waals surface area contributed by atoms with Crippen molar-refractivity contribution in [3.8, 4) is 0 Å². The molecule has 6 heteroatoms. The van der Waals surface area contributed by atoms with Crippen LogP contribution in [0.2, 0.25) is 0 Å². The minimum atomic E-state index is -0.319. The Balaban J connectivity index is 2.44. The van der Waals surface area contributed by atoms with Crippen LogP contribution < -0.4 is 0 Å². The van der Waals surface area contributed by atoms with Crippen LogP contribution >= 0.6 is 0 Å². The molecule has 0 amide bonds. The van der Waals surface area contributed by atoms with E-state index in [1.54, 1.807) is 24.3 Å². The largest absolute Gasteiger partial charge is 0.462 e. The van der Waals surface area contributed by atoms with Crippen molar-refractivity contribution >= 4 is 11.9 Å². The highest BCUT2D eigenvalue weighted by Crippen LogP contribution is 2.15. The average molecular weight is 841 g/mol. The zero-order valence-corrected chi connectivity index (χ0v) is 40.5. The molecule has 0 aromatic heterocycles. The van der Waals surface area contributed by atoms with Gasteiger partial charge in [0.05, 0.1) is 24.3 Å². The van der Waals surface area contributed by atoms with Crippen molar-refractivity contribution in [1.82, 2.24) is 9.80 Å². The molecule has 0 spiro atoms. The molecule has 0 N–H and O–H groups in total. The summed E-state index contributed by atoms with van der Waals surface area (Å²) in [5.74, 6) is -0.638. The molecular weight excluding hydrogens is 741 g/mol. The first-order valence-electron chi connectivity index (χ1n) is 26.4. The van der Waals surface area contributed by atoms with Gasteiger partial charge >= 0.3 is 11.9 Å². The molecule has 0 heterocycles. The Morgan fingerprint density at radius 2 is 0.517 bits per heavy atom. The summed E-state index contributed by atoms with van der Waals surface area (Å²) < 4.78 is 11.4. The van der Waals surface area contributed by atoms with Gasteiger partial charge in [-0.3, -0.25) is 0 Å². The molecule has 0 fully saturated rings. The van der Waals surface area contributed by atoms with Crippen LogP contribution in [0.4, 0.5) is 0 Å². The van der Waals surface area contributed by atoms with Crippen molar-refractivity contribution < 1.29 is 19.1 Å². The minimum absolute atomic E-state index is 0.319. The lowest BCUT2D eigenvalue weighted by atomic mass is 10.1. The van der Waals surface area contributed by atoms with Gasteiger partial charge in [-0.05, 0) is 89.0 Å². The first-order valence-corrected chi connectivity index (χ1v) is 26.4. The van der Waals surface area contributed by atoms with Crippen LogP contribution in [0.15, 0.2) is 24.3 Å². The Morgan fingerprint density at radius 1 is 0.317 bits per heavy atom. The summed E-state index contributed by atoms with van der Waals surface area (Å²) in [4.78, 5) is 31.0. The second-order valence-electron chi connectivity index (χ2n) is 18.1. The SMILES string of the molecule is CCCCCCCCCCN(CCCCCCCCCC)CCCOC(=O)c1ccc(C(=O)OCCCN(CCCCCCCCCC)CCCCCCCCCC)cc1. The molecule has 350 valence electrons. The van der Waals surface area contributed by atoms with Gasteiger partial charge in [-0.2, -0.15) is 0 Å². The van der Waals surface area contributed by atoms with E-state index < -0.39 is 0 Å². The van der Waals surface area contributed by atoms with E-state index in [4.69, 9.17) is 9.47 Å². The smallest absolute Gasteiger partial charge is 0.338 e. The zero-order chi connectivity index (χ0) is 43.4. The molecular formula is C54H100N2O4. The summed E-state index contributed by atoms with van der Waals surface area (Å²) in [5, 5.41) is 0. The third kappa shape index (κ3) is 34.6. The summed E-state index contributed by atoms with van der Waals surface area (Å²) in [5.41, 5.74) is 0.970. The summed E-state index contributed by atoms with van der Waals surface area (Å²) in [6.07, 6.45) is 44.6. The lowest BCUT2D eigenvalue weighted by molar-refractivity contribution is 0.0473. The predicted octanol–water partition coefficient (Wildman–Crippen LogP) is 15.9. The Kier molecular flexibility index (Phi) is 40.9. The van der Waals surface area contributed by atoms with Crippen LogP contribution in [0, 0.1) is 0 Å². The molecule has 60 heavy (non-hydrogen) atoms. The van der Waals surface area contributed by atoms with Gasteiger partial charge in [0.25, 0.3) is 0 Å². The second kappa shape index (κ2) is 43.7. The van der Waals surface area contributed by atoms with E-state index in [0.29, 0.717) is 24.3 Å². The van der Waals surface area contributed by atoms with Crippen molar-refractivity contribution in [3.05, 3.63) is 35.4 Å². The first kappa shape index (κ1) is 56.1. The summed E-state index contributed by atoms with van der Waals surface area (Å²) >= 11 is 0. The molecule has 0 atom stereocenters. The molecule has 0 unspecified atom stereocenters. The maximum atomic E-state index is 12.9. The number of carbonyl (C=O) groups excluding carboxylic acids is 2. The monoisotopic (exact) mass is 841 g/mol. The normalized spacial score (nSPS) is 11.6. The average Bonchev–Trinajstić information content (AvgIpc) is 3.26. The van der Waals surface area contributed by atoms with Gasteiger partial charge in [-0.1, -0.05) is 207 Å². The lowest BCUT2D eigenvalue weighted by Crippen LogP contribution is -2.28. The fourth-order valence-electron chi connectivity index (χ4n) is 8.36. The zero-order valence-electron chi connectivity index (χ0n) is 40.5. The molecule has 0 radical (unpaired) electrons. The number of rotatable bonds is 46. The van der Waals surface area contributed by atoms with Crippen molar-refractivity contribution in [2.24, 2.45) is 0 Å². The van der Waals surface area contributed by atoms with E-state index in [9.17, 15) is 9.59 Å². The highest BCUT2D eigenvalue weighted by molar-refractivity contribution is 5.93. The van der Waals surface area contributed by atoms with Gasteiger partial charge in [-0.25, -0.2) is 9.59 Å². The van der Waals surface area contributed by atoms with Gasteiger partial charge < -0.3 is 19.3 Å². The number of benzene rings is 1. The maximum Gasteiger partial charge on any atom is 0.338 e. The van der Waals surface area contributed by atoms with E-state index in [2.05, 4.69) is 37.5 Å². The summed E-state index contributed by atoms with van der Waals surface area (Å²) in [6, 6.07) is 6.80. The van der Waals surface area contributed by atoms with Crippen LogP contribution in [0.3, 0.4) is 0 Å². The molecule has 0 aliphatic rings. The number of hydrogen-bond acceptors (Lipinski definition) is 6. The van der Waals surface area contributed by atoms with E-state index in [-0.39, 0.29) is 11.9 Å². The van der Waals surface area contributed by atoms with Gasteiger partial charge in [0.2, 0.25) is 0 Å². The molecule has 0 aliphatic carbocycles. The van der Waals surface area contributed by atoms with E-state index in [1.165, 1.54) is 205 Å². The van der Waals surface area contributed by atoms with Crippen molar-refractivity contribution in [1.29, 1.82) is 0 Å². The van der Waals surface area contributed by atoms with Crippen molar-refractivity contribution in [2.45, 2.75) is 246 Å². The molecule has 0 bridgehead atoms. The standard InChI is InChI=1S/C54H100N2O4/c1-5-9-13-17-21-25-29-33-43-55(44-34-30-26-22-18-14-10-6-2)47-37-49-59-53(57)51-39-41-52(42-40-51)54(58)60-50-38-48-56(45-35-31-27-23-19-15-11-7-3)46-36-32-28-24-20-16-12-8-4/h39-42H,5-38,43-50H2,1-4H3. The van der Waals surface area contributed by atoms with Gasteiger partial charge in [-0.15, -0.1) is 0 Å². The van der Waals surface area contributed by atoms with Gasteiger partial charge in [0.15, 0.2) is 0 Å². The highest BCUT2D eigenvalue weighted by atomic mass is 16.5. The van der Waals surface area contributed by atoms with Crippen molar-refractivity contribution in [3.63, 3.8) is 0 Å². The Morgan fingerprint density at radius 3 is 0.750 bits per heavy atom. The Labute approximate surface area is 373 Å². The van der Waals surface area contributed by atoms with Crippen LogP contribution in [-0.2, 0) is 9.47 Å². The maximum absolute atomic E-state index is 12.9. The van der Waals surface area contributed by atoms with Crippen LogP contribution in [-0.4, -0.2) is 74.2 Å². The third-order valence-corrected chi connectivity index (χ3v) is 12.4. The minimum Gasteiger partial charge on any atom is -0.462 e. The van der Waals surface area contributed by atoms with E-state index >= 15 is 0 Å². The number of unbranched alkanes of at least 4 members (excludes halogenated alkanes) is 28. The predicted molar refractivity (Wildman–Crippen MR) is 260 cm³/mol. The third-order valence-electron chi connectivity index (χ3n) is 12.4. The number of nitrogens with zero attached hydrogens (tertiary/aromatic N) is 2. The van der Waals surface area contributed by atoms with E-state index in [0.717, 1.165) is 52.1 Å². The first-order chi connectivity index (χ1) is 29.5. The van der Waals surface area contributed by atoms with Gasteiger partial charge in [0.1, 0.15) is 0 Å². The number of ether oxygens (including phenoxy) is 2. The van der Waals surface area contributed by atoms with Crippen molar-refractivity contribution in [2.75, 3.05) is 52.5 Å². The fraction of sp³-hybridized carbons (Fsp3) is 0.852. The molecule has 1 rings (SSSR count).